The second-order valence-electron chi connectivity index (χ2n) is 5.81. The third-order valence-electron chi connectivity index (χ3n) is 3.87. The SMILES string of the molecule is Cc1n[nH]c(C)c1C(=O)N1CCC(CN(C)C)CC1. The molecule has 19 heavy (non-hydrogen) atoms. The van der Waals surface area contributed by atoms with Gasteiger partial charge in [0.25, 0.3) is 5.91 Å². The quantitative estimate of drug-likeness (QED) is 0.899. The van der Waals surface area contributed by atoms with Crippen molar-refractivity contribution in [2.75, 3.05) is 33.7 Å². The lowest BCUT2D eigenvalue weighted by Gasteiger charge is -2.33. The lowest BCUT2D eigenvalue weighted by Crippen LogP contribution is -2.41. The lowest BCUT2D eigenvalue weighted by atomic mass is 9.96. The summed E-state index contributed by atoms with van der Waals surface area (Å²) in [6, 6.07) is 0. The average molecular weight is 264 g/mol. The van der Waals surface area contributed by atoms with Crippen molar-refractivity contribution in [3.8, 4) is 0 Å². The molecule has 1 aliphatic heterocycles. The number of aromatic nitrogens is 2. The van der Waals surface area contributed by atoms with Gasteiger partial charge in [0.1, 0.15) is 0 Å². The third-order valence-corrected chi connectivity index (χ3v) is 3.87. The van der Waals surface area contributed by atoms with E-state index in [0.717, 1.165) is 49.4 Å². The summed E-state index contributed by atoms with van der Waals surface area (Å²) in [4.78, 5) is 16.7. The van der Waals surface area contributed by atoms with Crippen molar-refractivity contribution >= 4 is 5.91 Å². The first-order chi connectivity index (χ1) is 8.99. The molecule has 5 nitrogen and oxygen atoms in total. The van der Waals surface area contributed by atoms with Gasteiger partial charge < -0.3 is 9.80 Å². The molecule has 0 radical (unpaired) electrons. The summed E-state index contributed by atoms with van der Waals surface area (Å²) < 4.78 is 0. The molecule has 2 rings (SSSR count). The minimum absolute atomic E-state index is 0.132. The van der Waals surface area contributed by atoms with E-state index >= 15 is 0 Å². The molecule has 0 unspecified atom stereocenters. The standard InChI is InChI=1S/C14H24N4O/c1-10-13(11(2)16-15-10)14(19)18-7-5-12(6-8-18)9-17(3)4/h12H,5-9H2,1-4H3,(H,15,16). The summed E-state index contributed by atoms with van der Waals surface area (Å²) in [5.41, 5.74) is 2.43. The van der Waals surface area contributed by atoms with Crippen LogP contribution in [-0.2, 0) is 0 Å². The largest absolute Gasteiger partial charge is 0.339 e. The number of piperidine rings is 1. The summed E-state index contributed by atoms with van der Waals surface area (Å²) in [6.07, 6.45) is 2.19. The van der Waals surface area contributed by atoms with Crippen LogP contribution >= 0.6 is 0 Å². The third kappa shape index (κ3) is 3.15. The molecule has 0 atom stereocenters. The number of hydrogen-bond donors (Lipinski definition) is 1. The molecule has 5 heteroatoms. The van der Waals surface area contributed by atoms with Gasteiger partial charge in [-0.1, -0.05) is 0 Å². The average Bonchev–Trinajstić information content (AvgIpc) is 2.68. The number of hydrogen-bond acceptors (Lipinski definition) is 3. The van der Waals surface area contributed by atoms with Gasteiger partial charge in [0.05, 0.1) is 11.3 Å². The highest BCUT2D eigenvalue weighted by atomic mass is 16.2. The molecular weight excluding hydrogens is 240 g/mol. The Morgan fingerprint density at radius 3 is 2.47 bits per heavy atom. The maximum atomic E-state index is 12.5. The van der Waals surface area contributed by atoms with Gasteiger partial charge >= 0.3 is 0 Å². The highest BCUT2D eigenvalue weighted by molar-refractivity contribution is 5.96. The Bertz CT molecular complexity index is 425. The molecule has 0 spiro atoms. The minimum atomic E-state index is 0.132. The van der Waals surface area contributed by atoms with E-state index in [2.05, 4.69) is 29.2 Å². The number of nitrogens with one attached hydrogen (secondary N) is 1. The Hall–Kier alpha value is -1.36. The van der Waals surface area contributed by atoms with Crippen LogP contribution in [0.25, 0.3) is 0 Å². The molecule has 0 aromatic carbocycles. The van der Waals surface area contributed by atoms with E-state index in [-0.39, 0.29) is 5.91 Å². The van der Waals surface area contributed by atoms with Crippen molar-refractivity contribution in [3.05, 3.63) is 17.0 Å². The van der Waals surface area contributed by atoms with Crippen LogP contribution in [0, 0.1) is 19.8 Å². The first kappa shape index (κ1) is 14.1. The number of carbonyl (C=O) groups is 1. The van der Waals surface area contributed by atoms with Gasteiger partial charge in [-0.3, -0.25) is 9.89 Å². The van der Waals surface area contributed by atoms with Gasteiger partial charge in [-0.05, 0) is 46.7 Å². The van der Waals surface area contributed by atoms with Gasteiger partial charge in [-0.2, -0.15) is 5.10 Å². The molecule has 1 saturated heterocycles. The van der Waals surface area contributed by atoms with Crippen LogP contribution < -0.4 is 0 Å². The fraction of sp³-hybridized carbons (Fsp3) is 0.714. The molecule has 1 fully saturated rings. The molecule has 1 amide bonds. The van der Waals surface area contributed by atoms with Crippen LogP contribution in [0.2, 0.25) is 0 Å². The molecule has 0 saturated carbocycles. The zero-order valence-corrected chi connectivity index (χ0v) is 12.4. The molecule has 1 aromatic rings. The van der Waals surface area contributed by atoms with Crippen molar-refractivity contribution in [1.29, 1.82) is 0 Å². The van der Waals surface area contributed by atoms with Crippen molar-refractivity contribution in [1.82, 2.24) is 20.0 Å². The van der Waals surface area contributed by atoms with Crippen LogP contribution in [0.3, 0.4) is 0 Å². The predicted octanol–water partition coefficient (Wildman–Crippen LogP) is 1.44. The number of aryl methyl sites for hydroxylation is 2. The number of carbonyl (C=O) groups excluding carboxylic acids is 1. The summed E-state index contributed by atoms with van der Waals surface area (Å²) in [5, 5.41) is 6.99. The topological polar surface area (TPSA) is 52.2 Å². The summed E-state index contributed by atoms with van der Waals surface area (Å²) in [5.74, 6) is 0.845. The monoisotopic (exact) mass is 264 g/mol. The second-order valence-corrected chi connectivity index (χ2v) is 5.81. The Kier molecular flexibility index (Phi) is 4.24. The number of likely N-dealkylation sites (tertiary alicyclic amines) is 1. The van der Waals surface area contributed by atoms with E-state index < -0.39 is 0 Å². The van der Waals surface area contributed by atoms with Crippen LogP contribution in [0.4, 0.5) is 0 Å². The smallest absolute Gasteiger partial charge is 0.257 e. The van der Waals surface area contributed by atoms with Gasteiger partial charge in [-0.25, -0.2) is 0 Å². The number of aromatic amines is 1. The zero-order chi connectivity index (χ0) is 14.0. The van der Waals surface area contributed by atoms with E-state index in [1.165, 1.54) is 0 Å². The normalized spacial score (nSPS) is 17.2. The van der Waals surface area contributed by atoms with Crippen LogP contribution in [-0.4, -0.2) is 59.6 Å². The Labute approximate surface area is 115 Å². The van der Waals surface area contributed by atoms with E-state index in [0.29, 0.717) is 5.92 Å². The van der Waals surface area contributed by atoms with E-state index in [9.17, 15) is 4.79 Å². The van der Waals surface area contributed by atoms with Gasteiger partial charge in [0.2, 0.25) is 0 Å². The van der Waals surface area contributed by atoms with Crippen molar-refractivity contribution in [2.45, 2.75) is 26.7 Å². The molecule has 1 aliphatic rings. The highest BCUT2D eigenvalue weighted by Gasteiger charge is 2.26. The summed E-state index contributed by atoms with van der Waals surface area (Å²) in [7, 11) is 4.21. The number of rotatable bonds is 3. The molecule has 106 valence electrons. The van der Waals surface area contributed by atoms with E-state index in [1.54, 1.807) is 0 Å². The van der Waals surface area contributed by atoms with Crippen molar-refractivity contribution < 1.29 is 4.79 Å². The first-order valence-electron chi connectivity index (χ1n) is 6.94. The zero-order valence-electron chi connectivity index (χ0n) is 12.4. The number of amides is 1. The highest BCUT2D eigenvalue weighted by Crippen LogP contribution is 2.21. The van der Waals surface area contributed by atoms with Crippen LogP contribution in [0.1, 0.15) is 34.6 Å². The van der Waals surface area contributed by atoms with Gasteiger partial charge in [0.15, 0.2) is 0 Å². The summed E-state index contributed by atoms with van der Waals surface area (Å²) >= 11 is 0. The molecule has 0 bridgehead atoms. The Morgan fingerprint density at radius 1 is 1.37 bits per heavy atom. The van der Waals surface area contributed by atoms with Gasteiger partial charge in [0, 0.05) is 25.3 Å². The lowest BCUT2D eigenvalue weighted by molar-refractivity contribution is 0.0676. The van der Waals surface area contributed by atoms with Gasteiger partial charge in [-0.15, -0.1) is 0 Å². The maximum Gasteiger partial charge on any atom is 0.257 e. The van der Waals surface area contributed by atoms with Crippen molar-refractivity contribution in [3.63, 3.8) is 0 Å². The fourth-order valence-corrected chi connectivity index (χ4v) is 2.86. The number of nitrogens with zero attached hydrogens (tertiary/aromatic N) is 3. The first-order valence-corrected chi connectivity index (χ1v) is 6.94. The second kappa shape index (κ2) is 5.74. The molecule has 2 heterocycles. The van der Waals surface area contributed by atoms with E-state index in [4.69, 9.17) is 0 Å². The number of H-pyrrole nitrogens is 1. The predicted molar refractivity (Wildman–Crippen MR) is 75.2 cm³/mol. The molecule has 1 N–H and O–H groups in total. The van der Waals surface area contributed by atoms with Crippen molar-refractivity contribution in [2.24, 2.45) is 5.92 Å². The fourth-order valence-electron chi connectivity index (χ4n) is 2.86. The maximum absolute atomic E-state index is 12.5. The molecule has 0 aliphatic carbocycles. The Balaban J connectivity index is 1.96. The Morgan fingerprint density at radius 2 is 2.00 bits per heavy atom. The minimum Gasteiger partial charge on any atom is -0.339 e. The molecule has 1 aromatic heterocycles. The van der Waals surface area contributed by atoms with E-state index in [1.807, 2.05) is 18.7 Å². The molecular formula is C14H24N4O. The summed E-state index contributed by atoms with van der Waals surface area (Å²) in [6.45, 7) is 6.64. The van der Waals surface area contributed by atoms with Crippen LogP contribution in [0.15, 0.2) is 0 Å². The van der Waals surface area contributed by atoms with Crippen LogP contribution in [0.5, 0.6) is 0 Å².